The SMILES string of the molecule is CNC(=S)NCCSCc1ccco1. The third-order valence-corrected chi connectivity index (χ3v) is 2.91. The molecule has 0 radical (unpaired) electrons. The predicted molar refractivity (Wildman–Crippen MR) is 64.5 cm³/mol. The molecule has 1 aromatic rings. The van der Waals surface area contributed by atoms with E-state index in [0.29, 0.717) is 5.11 Å². The number of thioether (sulfide) groups is 1. The Morgan fingerprint density at radius 3 is 3.14 bits per heavy atom. The molecule has 0 saturated heterocycles. The summed E-state index contributed by atoms with van der Waals surface area (Å²) in [6.07, 6.45) is 1.70. The summed E-state index contributed by atoms with van der Waals surface area (Å²) in [5, 5.41) is 6.64. The van der Waals surface area contributed by atoms with Crippen LogP contribution in [0.3, 0.4) is 0 Å². The van der Waals surface area contributed by atoms with Gasteiger partial charge < -0.3 is 15.1 Å². The van der Waals surface area contributed by atoms with Gasteiger partial charge in [0.2, 0.25) is 0 Å². The summed E-state index contributed by atoms with van der Waals surface area (Å²) < 4.78 is 5.20. The van der Waals surface area contributed by atoms with Crippen molar-refractivity contribution in [3.63, 3.8) is 0 Å². The molecule has 1 heterocycles. The quantitative estimate of drug-likeness (QED) is 0.594. The monoisotopic (exact) mass is 230 g/mol. The smallest absolute Gasteiger partial charge is 0.166 e. The Hall–Kier alpha value is -0.680. The Morgan fingerprint density at radius 2 is 2.50 bits per heavy atom. The van der Waals surface area contributed by atoms with Crippen LogP contribution in [0, 0.1) is 0 Å². The molecule has 0 aromatic carbocycles. The molecule has 78 valence electrons. The molecule has 0 spiro atoms. The average molecular weight is 230 g/mol. The van der Waals surface area contributed by atoms with Crippen molar-refractivity contribution in [2.45, 2.75) is 5.75 Å². The van der Waals surface area contributed by atoms with Crippen molar-refractivity contribution < 1.29 is 4.42 Å². The molecule has 5 heteroatoms. The minimum absolute atomic E-state index is 0.698. The highest BCUT2D eigenvalue weighted by atomic mass is 32.2. The van der Waals surface area contributed by atoms with E-state index in [4.69, 9.17) is 16.6 Å². The largest absolute Gasteiger partial charge is 0.468 e. The van der Waals surface area contributed by atoms with Gasteiger partial charge in [0.15, 0.2) is 5.11 Å². The molecule has 2 N–H and O–H groups in total. The maximum Gasteiger partial charge on any atom is 0.166 e. The highest BCUT2D eigenvalue weighted by Gasteiger charge is 1.95. The second-order valence-corrected chi connectivity index (χ2v) is 4.15. The molecular weight excluding hydrogens is 216 g/mol. The fraction of sp³-hybridized carbons (Fsp3) is 0.444. The lowest BCUT2D eigenvalue weighted by Crippen LogP contribution is -2.33. The molecule has 0 atom stereocenters. The van der Waals surface area contributed by atoms with Gasteiger partial charge in [-0.15, -0.1) is 0 Å². The lowest BCUT2D eigenvalue weighted by atomic mass is 10.5. The highest BCUT2D eigenvalue weighted by molar-refractivity contribution is 7.98. The van der Waals surface area contributed by atoms with E-state index in [1.165, 1.54) is 0 Å². The average Bonchev–Trinajstić information content (AvgIpc) is 2.69. The van der Waals surface area contributed by atoms with Gasteiger partial charge in [0.1, 0.15) is 5.76 Å². The van der Waals surface area contributed by atoms with Crippen LogP contribution in [-0.2, 0) is 5.75 Å². The second-order valence-electron chi connectivity index (χ2n) is 2.64. The summed E-state index contributed by atoms with van der Waals surface area (Å²) in [5.41, 5.74) is 0. The van der Waals surface area contributed by atoms with Crippen molar-refractivity contribution in [1.29, 1.82) is 0 Å². The third kappa shape index (κ3) is 4.53. The second kappa shape index (κ2) is 6.73. The van der Waals surface area contributed by atoms with Crippen molar-refractivity contribution in [2.75, 3.05) is 19.3 Å². The zero-order valence-electron chi connectivity index (χ0n) is 8.08. The summed E-state index contributed by atoms with van der Waals surface area (Å²) in [6.45, 7) is 0.880. The first-order chi connectivity index (χ1) is 6.83. The van der Waals surface area contributed by atoms with E-state index in [9.17, 15) is 0 Å². The minimum atomic E-state index is 0.698. The molecule has 0 aliphatic rings. The zero-order valence-corrected chi connectivity index (χ0v) is 9.71. The van der Waals surface area contributed by atoms with E-state index in [0.717, 1.165) is 23.8 Å². The molecule has 0 amide bonds. The van der Waals surface area contributed by atoms with Crippen molar-refractivity contribution in [3.05, 3.63) is 24.2 Å². The zero-order chi connectivity index (χ0) is 10.2. The molecule has 3 nitrogen and oxygen atoms in total. The van der Waals surface area contributed by atoms with Gasteiger partial charge in [0.05, 0.1) is 12.0 Å². The summed E-state index contributed by atoms with van der Waals surface area (Å²) in [7, 11) is 1.81. The van der Waals surface area contributed by atoms with Crippen LogP contribution in [0.15, 0.2) is 22.8 Å². The molecule has 0 aliphatic heterocycles. The molecule has 1 rings (SSSR count). The molecule has 0 bridgehead atoms. The first kappa shape index (κ1) is 11.4. The molecular formula is C9H14N2OS2. The van der Waals surface area contributed by atoms with Crippen LogP contribution in [0.4, 0.5) is 0 Å². The Labute approximate surface area is 93.6 Å². The number of rotatable bonds is 5. The molecule has 0 saturated carbocycles. The van der Waals surface area contributed by atoms with Crippen molar-refractivity contribution in [3.8, 4) is 0 Å². The lowest BCUT2D eigenvalue weighted by molar-refractivity contribution is 0.530. The van der Waals surface area contributed by atoms with Gasteiger partial charge in [0.25, 0.3) is 0 Å². The van der Waals surface area contributed by atoms with E-state index in [1.807, 2.05) is 30.9 Å². The third-order valence-electron chi connectivity index (χ3n) is 1.58. The van der Waals surface area contributed by atoms with Gasteiger partial charge in [-0.2, -0.15) is 11.8 Å². The van der Waals surface area contributed by atoms with Gasteiger partial charge in [-0.1, -0.05) is 0 Å². The van der Waals surface area contributed by atoms with Crippen molar-refractivity contribution in [2.24, 2.45) is 0 Å². The summed E-state index contributed by atoms with van der Waals surface area (Å²) in [6, 6.07) is 3.89. The predicted octanol–water partition coefficient (Wildman–Crippen LogP) is 1.61. The minimum Gasteiger partial charge on any atom is -0.468 e. The van der Waals surface area contributed by atoms with Crippen LogP contribution < -0.4 is 10.6 Å². The topological polar surface area (TPSA) is 37.2 Å². The molecule has 0 unspecified atom stereocenters. The van der Waals surface area contributed by atoms with Crippen LogP contribution in [0.5, 0.6) is 0 Å². The number of nitrogens with one attached hydrogen (secondary N) is 2. The lowest BCUT2D eigenvalue weighted by Gasteiger charge is -2.05. The van der Waals surface area contributed by atoms with E-state index < -0.39 is 0 Å². The first-order valence-electron chi connectivity index (χ1n) is 4.38. The van der Waals surface area contributed by atoms with E-state index >= 15 is 0 Å². The number of furan rings is 1. The Kier molecular flexibility index (Phi) is 5.47. The van der Waals surface area contributed by atoms with Gasteiger partial charge in [-0.05, 0) is 24.4 Å². The molecule has 14 heavy (non-hydrogen) atoms. The van der Waals surface area contributed by atoms with Crippen LogP contribution in [-0.4, -0.2) is 24.5 Å². The van der Waals surface area contributed by atoms with Crippen molar-refractivity contribution >= 4 is 29.1 Å². The van der Waals surface area contributed by atoms with Crippen molar-refractivity contribution in [1.82, 2.24) is 10.6 Å². The standard InChI is InChI=1S/C9H14N2OS2/c1-10-9(13)11-4-6-14-7-8-3-2-5-12-8/h2-3,5H,4,6-7H2,1H3,(H2,10,11,13). The van der Waals surface area contributed by atoms with Crippen LogP contribution in [0.2, 0.25) is 0 Å². The number of thiocarbonyl (C=S) groups is 1. The van der Waals surface area contributed by atoms with Crippen LogP contribution in [0.1, 0.15) is 5.76 Å². The first-order valence-corrected chi connectivity index (χ1v) is 5.95. The Balaban J connectivity index is 1.97. The Bertz CT molecular complexity index is 262. The summed E-state index contributed by atoms with van der Waals surface area (Å²) >= 11 is 6.75. The number of hydrogen-bond donors (Lipinski definition) is 2. The van der Waals surface area contributed by atoms with Gasteiger partial charge in [-0.3, -0.25) is 0 Å². The number of hydrogen-bond acceptors (Lipinski definition) is 3. The van der Waals surface area contributed by atoms with Crippen LogP contribution >= 0.6 is 24.0 Å². The van der Waals surface area contributed by atoms with E-state index in [2.05, 4.69) is 10.6 Å². The summed E-state index contributed by atoms with van der Waals surface area (Å²) in [5.74, 6) is 2.95. The van der Waals surface area contributed by atoms with Gasteiger partial charge >= 0.3 is 0 Å². The maximum atomic E-state index is 5.20. The van der Waals surface area contributed by atoms with Gasteiger partial charge in [-0.25, -0.2) is 0 Å². The Morgan fingerprint density at radius 1 is 1.64 bits per heavy atom. The normalized spacial score (nSPS) is 9.79. The van der Waals surface area contributed by atoms with E-state index in [-0.39, 0.29) is 0 Å². The summed E-state index contributed by atoms with van der Waals surface area (Å²) in [4.78, 5) is 0. The maximum absolute atomic E-state index is 5.20. The van der Waals surface area contributed by atoms with Crippen LogP contribution in [0.25, 0.3) is 0 Å². The highest BCUT2D eigenvalue weighted by Crippen LogP contribution is 2.11. The fourth-order valence-corrected chi connectivity index (χ4v) is 1.75. The van der Waals surface area contributed by atoms with E-state index in [1.54, 1.807) is 6.26 Å². The fourth-order valence-electron chi connectivity index (χ4n) is 0.893. The van der Waals surface area contributed by atoms with Gasteiger partial charge in [0, 0.05) is 19.3 Å². The molecule has 0 fully saturated rings. The molecule has 0 aliphatic carbocycles. The molecule has 1 aromatic heterocycles.